The van der Waals surface area contributed by atoms with E-state index < -0.39 is 0 Å². The number of nitrogens with one attached hydrogen (secondary N) is 1. The topological polar surface area (TPSA) is 64.3 Å². The van der Waals surface area contributed by atoms with Gasteiger partial charge in [-0.3, -0.25) is 4.79 Å². The summed E-state index contributed by atoms with van der Waals surface area (Å²) in [6.45, 7) is 0.832. The molecule has 0 bridgehead atoms. The molecule has 2 aromatic carbocycles. The first-order valence-electron chi connectivity index (χ1n) is 6.28. The molecular weight excluding hydrogens is 447 g/mol. The summed E-state index contributed by atoms with van der Waals surface area (Å²) in [4.78, 5) is 12.1. The van der Waals surface area contributed by atoms with Gasteiger partial charge in [-0.2, -0.15) is 0 Å². The largest absolute Gasteiger partial charge is 0.492 e. The van der Waals surface area contributed by atoms with Gasteiger partial charge >= 0.3 is 0 Å². The van der Waals surface area contributed by atoms with Gasteiger partial charge in [0.15, 0.2) is 0 Å². The van der Waals surface area contributed by atoms with Crippen LogP contribution in [0.3, 0.4) is 0 Å². The van der Waals surface area contributed by atoms with Crippen LogP contribution in [0.1, 0.15) is 10.4 Å². The zero-order valence-electron chi connectivity index (χ0n) is 11.1. The summed E-state index contributed by atoms with van der Waals surface area (Å²) in [5.74, 6) is 0.607. The van der Waals surface area contributed by atoms with Crippen molar-refractivity contribution in [1.29, 1.82) is 0 Å². The van der Waals surface area contributed by atoms with Gasteiger partial charge < -0.3 is 15.8 Å². The van der Waals surface area contributed by atoms with Crippen molar-refractivity contribution in [1.82, 2.24) is 5.32 Å². The Labute approximate surface area is 145 Å². The minimum absolute atomic E-state index is 0.124. The fraction of sp³-hybridized carbons (Fsp3) is 0.133. The van der Waals surface area contributed by atoms with E-state index >= 15 is 0 Å². The predicted molar refractivity (Wildman–Crippen MR) is 95.5 cm³/mol. The quantitative estimate of drug-likeness (QED) is 0.408. The first-order valence-corrected chi connectivity index (χ1v) is 8.15. The van der Waals surface area contributed by atoms with Gasteiger partial charge in [-0.1, -0.05) is 0 Å². The summed E-state index contributed by atoms with van der Waals surface area (Å²) in [6.07, 6.45) is 0. The fourth-order valence-corrected chi connectivity index (χ4v) is 2.58. The van der Waals surface area contributed by atoms with E-state index in [1.165, 1.54) is 0 Å². The third-order valence-corrected chi connectivity index (χ3v) is 4.07. The van der Waals surface area contributed by atoms with Gasteiger partial charge in [0, 0.05) is 13.7 Å². The average molecular weight is 461 g/mol. The number of carbonyl (C=O) groups is 1. The van der Waals surface area contributed by atoms with Crippen molar-refractivity contribution in [3.05, 3.63) is 56.1 Å². The highest BCUT2D eigenvalue weighted by Crippen LogP contribution is 2.19. The van der Waals surface area contributed by atoms with Gasteiger partial charge in [-0.05, 0) is 81.0 Å². The molecule has 3 N–H and O–H groups in total. The molecule has 0 radical (unpaired) electrons. The van der Waals surface area contributed by atoms with Crippen molar-refractivity contribution in [2.75, 3.05) is 18.9 Å². The molecule has 6 heteroatoms. The maximum atomic E-state index is 12.1. The maximum absolute atomic E-state index is 12.1. The molecule has 0 fully saturated rings. The number of rotatable bonds is 5. The SMILES string of the molecule is Nc1ccc(OCCNC(=O)c2cc(I)ccc2Br)cc1. The molecule has 110 valence electrons. The van der Waals surface area contributed by atoms with E-state index in [2.05, 4.69) is 43.8 Å². The molecule has 0 aliphatic heterocycles. The lowest BCUT2D eigenvalue weighted by atomic mass is 10.2. The van der Waals surface area contributed by atoms with Crippen LogP contribution in [0.2, 0.25) is 0 Å². The number of nitrogen functional groups attached to an aromatic ring is 1. The van der Waals surface area contributed by atoms with Gasteiger partial charge in [0.2, 0.25) is 0 Å². The van der Waals surface area contributed by atoms with Crippen molar-refractivity contribution in [2.45, 2.75) is 0 Å². The molecule has 4 nitrogen and oxygen atoms in total. The minimum Gasteiger partial charge on any atom is -0.492 e. The summed E-state index contributed by atoms with van der Waals surface area (Å²) in [5.41, 5.74) is 6.91. The number of carbonyl (C=O) groups excluding carboxylic acids is 1. The molecule has 2 rings (SSSR count). The molecule has 0 aromatic heterocycles. The number of benzene rings is 2. The highest BCUT2D eigenvalue weighted by molar-refractivity contribution is 14.1. The van der Waals surface area contributed by atoms with Crippen LogP contribution in [0.25, 0.3) is 0 Å². The second kappa shape index (κ2) is 7.65. The number of amides is 1. The Morgan fingerprint density at radius 2 is 1.95 bits per heavy atom. The molecule has 1 amide bonds. The molecule has 0 atom stereocenters. The summed E-state index contributed by atoms with van der Waals surface area (Å²) >= 11 is 5.55. The van der Waals surface area contributed by atoms with Gasteiger partial charge in [-0.15, -0.1) is 0 Å². The second-order valence-electron chi connectivity index (χ2n) is 4.30. The molecule has 0 aliphatic rings. The Kier molecular flexibility index (Phi) is 5.86. The molecular formula is C15H14BrIN2O2. The van der Waals surface area contributed by atoms with Crippen molar-refractivity contribution in [2.24, 2.45) is 0 Å². The predicted octanol–water partition coefficient (Wildman–Crippen LogP) is 3.44. The Balaban J connectivity index is 1.81. The highest BCUT2D eigenvalue weighted by atomic mass is 127. The van der Waals surface area contributed by atoms with Crippen molar-refractivity contribution >= 4 is 50.1 Å². The van der Waals surface area contributed by atoms with Gasteiger partial charge in [0.1, 0.15) is 12.4 Å². The van der Waals surface area contributed by atoms with Crippen LogP contribution in [-0.2, 0) is 0 Å². The summed E-state index contributed by atoms with van der Waals surface area (Å²) in [7, 11) is 0. The van der Waals surface area contributed by atoms with Crippen LogP contribution < -0.4 is 15.8 Å². The lowest BCUT2D eigenvalue weighted by molar-refractivity contribution is 0.0946. The normalized spacial score (nSPS) is 10.2. The molecule has 0 saturated heterocycles. The number of hydrogen-bond donors (Lipinski definition) is 2. The number of halogens is 2. The smallest absolute Gasteiger partial charge is 0.252 e. The van der Waals surface area contributed by atoms with Crippen LogP contribution in [0, 0.1) is 3.57 Å². The summed E-state index contributed by atoms with van der Waals surface area (Å²) in [6, 6.07) is 12.8. The lowest BCUT2D eigenvalue weighted by Gasteiger charge is -2.09. The fourth-order valence-electron chi connectivity index (χ4n) is 1.66. The Bertz CT molecular complexity index is 632. The molecule has 2 aromatic rings. The van der Waals surface area contributed by atoms with Crippen LogP contribution in [-0.4, -0.2) is 19.1 Å². The van der Waals surface area contributed by atoms with E-state index in [4.69, 9.17) is 10.5 Å². The molecule has 0 unspecified atom stereocenters. The van der Waals surface area contributed by atoms with Crippen LogP contribution >= 0.6 is 38.5 Å². The third-order valence-electron chi connectivity index (χ3n) is 2.71. The molecule has 0 heterocycles. The molecule has 21 heavy (non-hydrogen) atoms. The monoisotopic (exact) mass is 460 g/mol. The van der Waals surface area contributed by atoms with E-state index in [1.54, 1.807) is 24.3 Å². The van der Waals surface area contributed by atoms with E-state index in [-0.39, 0.29) is 5.91 Å². The molecule has 0 spiro atoms. The highest BCUT2D eigenvalue weighted by Gasteiger charge is 2.09. The first kappa shape index (κ1) is 16.1. The van der Waals surface area contributed by atoms with E-state index in [0.717, 1.165) is 13.8 Å². The second-order valence-corrected chi connectivity index (χ2v) is 6.40. The van der Waals surface area contributed by atoms with E-state index in [1.807, 2.05) is 18.2 Å². The lowest BCUT2D eigenvalue weighted by Crippen LogP contribution is -2.28. The van der Waals surface area contributed by atoms with E-state index in [9.17, 15) is 4.79 Å². The van der Waals surface area contributed by atoms with Crippen molar-refractivity contribution in [3.8, 4) is 5.75 Å². The maximum Gasteiger partial charge on any atom is 0.252 e. The number of ether oxygens (including phenoxy) is 1. The van der Waals surface area contributed by atoms with Gasteiger partial charge in [-0.25, -0.2) is 0 Å². The standard InChI is InChI=1S/C15H14BrIN2O2/c16-14-6-1-10(17)9-13(14)15(20)19-7-8-21-12-4-2-11(18)3-5-12/h1-6,9H,7-8,18H2,(H,19,20). The zero-order chi connectivity index (χ0) is 15.2. The first-order chi connectivity index (χ1) is 10.1. The molecule has 0 saturated carbocycles. The van der Waals surface area contributed by atoms with Crippen LogP contribution in [0.4, 0.5) is 5.69 Å². The van der Waals surface area contributed by atoms with Crippen molar-refractivity contribution < 1.29 is 9.53 Å². The Morgan fingerprint density at radius 3 is 2.67 bits per heavy atom. The van der Waals surface area contributed by atoms with Gasteiger partial charge in [0.05, 0.1) is 12.1 Å². The molecule has 0 aliphatic carbocycles. The zero-order valence-corrected chi connectivity index (χ0v) is 14.8. The number of hydrogen-bond acceptors (Lipinski definition) is 3. The van der Waals surface area contributed by atoms with E-state index in [0.29, 0.717) is 24.4 Å². The van der Waals surface area contributed by atoms with Crippen LogP contribution in [0.15, 0.2) is 46.9 Å². The third kappa shape index (κ3) is 4.89. The van der Waals surface area contributed by atoms with Gasteiger partial charge in [0.25, 0.3) is 5.91 Å². The minimum atomic E-state index is -0.124. The Morgan fingerprint density at radius 1 is 1.24 bits per heavy atom. The number of anilines is 1. The Hall–Kier alpha value is -1.28. The van der Waals surface area contributed by atoms with Crippen LogP contribution in [0.5, 0.6) is 5.75 Å². The summed E-state index contributed by atoms with van der Waals surface area (Å²) < 4.78 is 7.31. The number of nitrogens with two attached hydrogens (primary N) is 1. The summed E-state index contributed by atoms with van der Waals surface area (Å²) in [5, 5.41) is 2.83. The van der Waals surface area contributed by atoms with Crippen molar-refractivity contribution in [3.63, 3.8) is 0 Å². The average Bonchev–Trinajstić information content (AvgIpc) is 2.47.